The van der Waals surface area contributed by atoms with Crippen molar-refractivity contribution in [2.45, 2.75) is 25.3 Å². The molecular formula is C11H12F3NO5S. The fraction of sp³-hybridized carbons (Fsp3) is 0.455. The summed E-state index contributed by atoms with van der Waals surface area (Å²) in [5.74, 6) is -1.55. The number of rotatable bonds is 6. The first-order valence-corrected chi connectivity index (χ1v) is 7.22. The van der Waals surface area contributed by atoms with E-state index in [0.29, 0.717) is 6.42 Å². The molecule has 0 saturated heterocycles. The molecule has 0 aliphatic heterocycles. The molecule has 0 bridgehead atoms. The number of hydrogen-bond donors (Lipinski definition) is 0. The SMILES string of the molecule is CCCCOC(=O)c1cc(OS(=O)(=O)C(F)(F)F)ccn1. The van der Waals surface area contributed by atoms with Gasteiger partial charge in [-0.25, -0.2) is 9.78 Å². The van der Waals surface area contributed by atoms with Crippen LogP contribution in [-0.4, -0.2) is 31.5 Å². The first kappa shape index (κ1) is 17.2. The fourth-order valence-electron chi connectivity index (χ4n) is 1.13. The molecule has 10 heteroatoms. The minimum Gasteiger partial charge on any atom is -0.461 e. The summed E-state index contributed by atoms with van der Waals surface area (Å²) in [6.45, 7) is 2.01. The van der Waals surface area contributed by atoms with Gasteiger partial charge in [-0.1, -0.05) is 13.3 Å². The highest BCUT2D eigenvalue weighted by Crippen LogP contribution is 2.26. The Bertz CT molecular complexity index is 600. The average Bonchev–Trinajstić information content (AvgIpc) is 2.37. The first-order valence-electron chi connectivity index (χ1n) is 5.81. The van der Waals surface area contributed by atoms with Gasteiger partial charge in [0, 0.05) is 18.3 Å². The van der Waals surface area contributed by atoms with Gasteiger partial charge in [-0.15, -0.1) is 0 Å². The molecule has 1 aromatic rings. The zero-order chi connectivity index (χ0) is 16.1. The fourth-order valence-corrected chi connectivity index (χ4v) is 1.58. The van der Waals surface area contributed by atoms with Crippen molar-refractivity contribution >= 4 is 16.1 Å². The second kappa shape index (κ2) is 6.74. The summed E-state index contributed by atoms with van der Waals surface area (Å²) in [6, 6.07) is 1.64. The maximum absolute atomic E-state index is 12.2. The van der Waals surface area contributed by atoms with Crippen molar-refractivity contribution < 1.29 is 35.3 Å². The molecule has 21 heavy (non-hydrogen) atoms. The lowest BCUT2D eigenvalue weighted by molar-refractivity contribution is -0.0500. The topological polar surface area (TPSA) is 82.6 Å². The molecular weight excluding hydrogens is 315 g/mol. The van der Waals surface area contributed by atoms with Crippen LogP contribution in [0.3, 0.4) is 0 Å². The summed E-state index contributed by atoms with van der Waals surface area (Å²) in [7, 11) is -5.79. The summed E-state index contributed by atoms with van der Waals surface area (Å²) in [5, 5.41) is 0. The summed E-state index contributed by atoms with van der Waals surface area (Å²) >= 11 is 0. The van der Waals surface area contributed by atoms with E-state index in [4.69, 9.17) is 4.74 Å². The van der Waals surface area contributed by atoms with Crippen molar-refractivity contribution in [1.82, 2.24) is 4.98 Å². The third-order valence-electron chi connectivity index (χ3n) is 2.16. The van der Waals surface area contributed by atoms with Crippen LogP contribution in [0, 0.1) is 0 Å². The highest BCUT2D eigenvalue weighted by Gasteiger charge is 2.48. The molecule has 0 atom stereocenters. The number of carbonyl (C=O) groups excluding carboxylic acids is 1. The maximum atomic E-state index is 12.2. The number of unbranched alkanes of at least 4 members (excludes halogenated alkanes) is 1. The molecule has 0 radical (unpaired) electrons. The number of ether oxygens (including phenoxy) is 1. The van der Waals surface area contributed by atoms with E-state index >= 15 is 0 Å². The Morgan fingerprint density at radius 2 is 2.05 bits per heavy atom. The zero-order valence-corrected chi connectivity index (χ0v) is 11.7. The smallest absolute Gasteiger partial charge is 0.461 e. The van der Waals surface area contributed by atoms with Crippen molar-refractivity contribution in [2.24, 2.45) is 0 Å². The molecule has 0 spiro atoms. The molecule has 118 valence electrons. The van der Waals surface area contributed by atoms with Crippen molar-refractivity contribution in [3.05, 3.63) is 24.0 Å². The number of nitrogens with zero attached hydrogens (tertiary/aromatic N) is 1. The molecule has 6 nitrogen and oxygen atoms in total. The maximum Gasteiger partial charge on any atom is 0.534 e. The number of hydrogen-bond acceptors (Lipinski definition) is 6. The summed E-state index contributed by atoms with van der Waals surface area (Å²) in [6.07, 6.45) is 2.34. The van der Waals surface area contributed by atoms with Gasteiger partial charge in [0.25, 0.3) is 0 Å². The zero-order valence-electron chi connectivity index (χ0n) is 10.9. The van der Waals surface area contributed by atoms with Gasteiger partial charge in [-0.2, -0.15) is 21.6 Å². The molecule has 0 amide bonds. The Labute approximate surface area is 119 Å². The van der Waals surface area contributed by atoms with Crippen LogP contribution in [0.1, 0.15) is 30.3 Å². The van der Waals surface area contributed by atoms with Gasteiger partial charge in [0.2, 0.25) is 0 Å². The van der Waals surface area contributed by atoms with Crippen molar-refractivity contribution in [1.29, 1.82) is 0 Å². The van der Waals surface area contributed by atoms with Gasteiger partial charge < -0.3 is 8.92 Å². The van der Waals surface area contributed by atoms with Crippen molar-refractivity contribution in [3.8, 4) is 5.75 Å². The van der Waals surface area contributed by atoms with Crippen LogP contribution in [0.5, 0.6) is 5.75 Å². The van der Waals surface area contributed by atoms with E-state index in [0.717, 1.165) is 24.8 Å². The van der Waals surface area contributed by atoms with Crippen LogP contribution in [0.4, 0.5) is 13.2 Å². The molecule has 0 N–H and O–H groups in total. The molecule has 0 unspecified atom stereocenters. The van der Waals surface area contributed by atoms with E-state index < -0.39 is 27.3 Å². The van der Waals surface area contributed by atoms with Gasteiger partial charge in [0.05, 0.1) is 6.61 Å². The molecule has 1 aromatic heterocycles. The summed E-state index contributed by atoms with van der Waals surface area (Å²) in [4.78, 5) is 15.1. The molecule has 1 rings (SSSR count). The molecule has 0 fully saturated rings. The summed E-state index contributed by atoms with van der Waals surface area (Å²) < 4.78 is 66.8. The van der Waals surface area contributed by atoms with Gasteiger partial charge in [-0.3, -0.25) is 0 Å². The van der Waals surface area contributed by atoms with E-state index in [1.807, 2.05) is 6.92 Å². The lowest BCUT2D eigenvalue weighted by Crippen LogP contribution is -2.28. The van der Waals surface area contributed by atoms with Crippen LogP contribution >= 0.6 is 0 Å². The highest BCUT2D eigenvalue weighted by atomic mass is 32.2. The number of halogens is 3. The highest BCUT2D eigenvalue weighted by molar-refractivity contribution is 7.87. The predicted octanol–water partition coefficient (Wildman–Crippen LogP) is 2.27. The van der Waals surface area contributed by atoms with E-state index in [-0.39, 0.29) is 12.3 Å². The Morgan fingerprint density at radius 3 is 2.62 bits per heavy atom. The van der Waals surface area contributed by atoms with Crippen LogP contribution in [-0.2, 0) is 14.9 Å². The standard InChI is InChI=1S/C11H12F3NO5S/c1-2-3-6-19-10(16)9-7-8(4-5-15-9)20-21(17,18)11(12,13)14/h4-5,7H,2-3,6H2,1H3. The monoisotopic (exact) mass is 327 g/mol. The van der Waals surface area contributed by atoms with Crippen LogP contribution in [0.25, 0.3) is 0 Å². The largest absolute Gasteiger partial charge is 0.534 e. The Hall–Kier alpha value is -1.84. The third-order valence-corrected chi connectivity index (χ3v) is 3.14. The third kappa shape index (κ3) is 4.88. The second-order valence-electron chi connectivity index (χ2n) is 3.85. The number of aromatic nitrogens is 1. The molecule has 0 aliphatic carbocycles. The Kier molecular flexibility index (Phi) is 5.53. The Morgan fingerprint density at radius 1 is 1.38 bits per heavy atom. The normalized spacial score (nSPS) is 12.0. The van der Waals surface area contributed by atoms with Gasteiger partial charge in [0.1, 0.15) is 5.75 Å². The van der Waals surface area contributed by atoms with Gasteiger partial charge >= 0.3 is 21.6 Å². The minimum atomic E-state index is -5.79. The Balaban J connectivity index is 2.84. The van der Waals surface area contributed by atoms with Crippen LogP contribution in [0.2, 0.25) is 0 Å². The minimum absolute atomic E-state index is 0.128. The quantitative estimate of drug-likeness (QED) is 0.345. The number of alkyl halides is 3. The summed E-state index contributed by atoms with van der Waals surface area (Å²) in [5.41, 5.74) is -5.90. The lowest BCUT2D eigenvalue weighted by Gasteiger charge is -2.09. The molecule has 0 aromatic carbocycles. The second-order valence-corrected chi connectivity index (χ2v) is 5.39. The molecule has 0 saturated carbocycles. The lowest BCUT2D eigenvalue weighted by atomic mass is 10.3. The number of carbonyl (C=O) groups is 1. The van der Waals surface area contributed by atoms with E-state index in [9.17, 15) is 26.4 Å². The van der Waals surface area contributed by atoms with Gasteiger partial charge in [-0.05, 0) is 6.42 Å². The number of esters is 1. The van der Waals surface area contributed by atoms with Crippen LogP contribution < -0.4 is 4.18 Å². The average molecular weight is 327 g/mol. The van der Waals surface area contributed by atoms with E-state index in [1.165, 1.54) is 0 Å². The first-order chi connectivity index (χ1) is 9.67. The predicted molar refractivity (Wildman–Crippen MR) is 65.0 cm³/mol. The molecule has 1 heterocycles. The van der Waals surface area contributed by atoms with Gasteiger partial charge in [0.15, 0.2) is 5.69 Å². The van der Waals surface area contributed by atoms with Crippen molar-refractivity contribution in [3.63, 3.8) is 0 Å². The number of pyridine rings is 1. The van der Waals surface area contributed by atoms with E-state index in [1.54, 1.807) is 0 Å². The van der Waals surface area contributed by atoms with Crippen LogP contribution in [0.15, 0.2) is 18.3 Å². The van der Waals surface area contributed by atoms with Crippen molar-refractivity contribution in [2.75, 3.05) is 6.61 Å². The molecule has 0 aliphatic rings. The van der Waals surface area contributed by atoms with E-state index in [2.05, 4.69) is 9.17 Å².